The third kappa shape index (κ3) is 3.98. The highest BCUT2D eigenvalue weighted by atomic mass is 32.2. The van der Waals surface area contributed by atoms with E-state index in [9.17, 15) is 13.2 Å². The van der Waals surface area contributed by atoms with Gasteiger partial charge in [-0.1, -0.05) is 24.6 Å². The van der Waals surface area contributed by atoms with Crippen LogP contribution < -0.4 is 5.32 Å². The number of thioether (sulfide) groups is 1. The largest absolute Gasteiger partial charge is 0.298 e. The fourth-order valence-electron chi connectivity index (χ4n) is 4.16. The van der Waals surface area contributed by atoms with E-state index in [4.69, 9.17) is 0 Å². The molecule has 2 aromatic carbocycles. The molecule has 0 bridgehead atoms. The molecule has 166 valence electrons. The summed E-state index contributed by atoms with van der Waals surface area (Å²) in [7, 11) is -3.55. The molecule has 1 atom stereocenters. The van der Waals surface area contributed by atoms with Crippen molar-refractivity contribution in [2.45, 2.75) is 47.8 Å². The summed E-state index contributed by atoms with van der Waals surface area (Å²) in [5, 5.41) is 3.43. The van der Waals surface area contributed by atoms with Crippen molar-refractivity contribution in [3.8, 4) is 11.3 Å². The summed E-state index contributed by atoms with van der Waals surface area (Å²) >= 11 is 3.25. The van der Waals surface area contributed by atoms with Gasteiger partial charge in [-0.05, 0) is 50.1 Å². The zero-order chi connectivity index (χ0) is 22.3. The average molecular weight is 486 g/mol. The van der Waals surface area contributed by atoms with Crippen LogP contribution in [0.2, 0.25) is 0 Å². The zero-order valence-electron chi connectivity index (χ0n) is 17.6. The lowest BCUT2D eigenvalue weighted by Crippen LogP contribution is -2.41. The maximum absolute atomic E-state index is 13.0. The minimum absolute atomic E-state index is 0.00375. The number of hydrogen-bond acceptors (Lipinski definition) is 6. The molecular weight excluding hydrogens is 462 g/mol. The van der Waals surface area contributed by atoms with Crippen LogP contribution >= 0.6 is 23.1 Å². The van der Waals surface area contributed by atoms with Crippen LogP contribution in [0.4, 0.5) is 5.13 Å². The van der Waals surface area contributed by atoms with Crippen molar-refractivity contribution in [1.29, 1.82) is 0 Å². The second kappa shape index (κ2) is 8.62. The van der Waals surface area contributed by atoms with Crippen LogP contribution in [0.1, 0.15) is 41.4 Å². The fourth-order valence-corrected chi connectivity index (χ4v) is 7.95. The van der Waals surface area contributed by atoms with Gasteiger partial charge in [0.15, 0.2) is 5.13 Å². The predicted molar refractivity (Wildman–Crippen MR) is 129 cm³/mol. The van der Waals surface area contributed by atoms with Crippen LogP contribution in [0.15, 0.2) is 58.3 Å². The second-order valence-electron chi connectivity index (χ2n) is 8.01. The quantitative estimate of drug-likeness (QED) is 0.547. The van der Waals surface area contributed by atoms with Gasteiger partial charge in [0.1, 0.15) is 0 Å². The van der Waals surface area contributed by atoms with Crippen molar-refractivity contribution in [3.63, 3.8) is 0 Å². The molecule has 3 aromatic rings. The molecule has 1 fully saturated rings. The molecule has 0 aliphatic carbocycles. The van der Waals surface area contributed by atoms with Crippen molar-refractivity contribution in [3.05, 3.63) is 59.0 Å². The highest BCUT2D eigenvalue weighted by Gasteiger charge is 2.31. The van der Waals surface area contributed by atoms with Gasteiger partial charge in [0.25, 0.3) is 5.91 Å². The number of carbonyl (C=O) groups is 1. The van der Waals surface area contributed by atoms with Crippen molar-refractivity contribution in [2.24, 2.45) is 0 Å². The summed E-state index contributed by atoms with van der Waals surface area (Å²) in [6.45, 7) is 2.49. The minimum atomic E-state index is -3.55. The Morgan fingerprint density at radius 3 is 2.69 bits per heavy atom. The first kappa shape index (κ1) is 21.6. The number of fused-ring (bicyclic) bond motifs is 3. The van der Waals surface area contributed by atoms with E-state index in [1.54, 1.807) is 28.2 Å². The molecule has 2 aliphatic rings. The number of rotatable bonds is 4. The number of nitrogens with zero attached hydrogens (tertiary/aromatic N) is 2. The number of amides is 1. The Morgan fingerprint density at radius 2 is 1.91 bits per heavy atom. The summed E-state index contributed by atoms with van der Waals surface area (Å²) in [4.78, 5) is 20.0. The zero-order valence-corrected chi connectivity index (χ0v) is 20.0. The Balaban J connectivity index is 1.33. The Kier molecular flexibility index (Phi) is 5.83. The van der Waals surface area contributed by atoms with Crippen molar-refractivity contribution in [2.75, 3.05) is 11.9 Å². The van der Waals surface area contributed by atoms with Crippen molar-refractivity contribution >= 4 is 44.2 Å². The molecule has 0 spiro atoms. The third-order valence-electron chi connectivity index (χ3n) is 5.88. The van der Waals surface area contributed by atoms with Crippen LogP contribution in [-0.4, -0.2) is 36.2 Å². The lowest BCUT2D eigenvalue weighted by atomic mass is 10.1. The molecule has 0 saturated carbocycles. The topological polar surface area (TPSA) is 79.4 Å². The van der Waals surface area contributed by atoms with Gasteiger partial charge in [-0.15, -0.1) is 23.1 Å². The van der Waals surface area contributed by atoms with Gasteiger partial charge in [-0.3, -0.25) is 10.1 Å². The first-order chi connectivity index (χ1) is 15.4. The van der Waals surface area contributed by atoms with Crippen LogP contribution in [0.25, 0.3) is 11.3 Å². The first-order valence-corrected chi connectivity index (χ1v) is 13.8. The predicted octanol–water partition coefficient (Wildman–Crippen LogP) is 5.23. The normalized spacial score (nSPS) is 18.6. The van der Waals surface area contributed by atoms with E-state index >= 15 is 0 Å². The van der Waals surface area contributed by atoms with E-state index < -0.39 is 10.0 Å². The smallest absolute Gasteiger partial charge is 0.257 e. The van der Waals surface area contributed by atoms with Crippen LogP contribution in [-0.2, 0) is 15.8 Å². The van der Waals surface area contributed by atoms with Crippen LogP contribution in [0, 0.1) is 0 Å². The van der Waals surface area contributed by atoms with Crippen molar-refractivity contribution in [1.82, 2.24) is 9.29 Å². The molecular formula is C23H23N3O3S3. The van der Waals surface area contributed by atoms with E-state index in [-0.39, 0.29) is 16.8 Å². The van der Waals surface area contributed by atoms with E-state index in [1.807, 2.05) is 25.1 Å². The molecule has 5 rings (SSSR count). The number of aromatic nitrogens is 1. The lowest BCUT2D eigenvalue weighted by molar-refractivity contribution is 0.102. The van der Waals surface area contributed by atoms with Crippen LogP contribution in [0.3, 0.4) is 0 Å². The van der Waals surface area contributed by atoms with Gasteiger partial charge in [0, 0.05) is 39.2 Å². The van der Waals surface area contributed by atoms with Crippen LogP contribution in [0.5, 0.6) is 0 Å². The molecule has 3 heterocycles. The summed E-state index contributed by atoms with van der Waals surface area (Å²) in [6, 6.07) is 14.3. The SMILES string of the molecule is C[C@H]1CCCCN1S(=O)(=O)c1ccc(C(=O)Nc2nc3c(s2)CSc2ccccc2-3)cc1. The van der Waals surface area contributed by atoms with E-state index in [1.165, 1.54) is 28.4 Å². The third-order valence-corrected chi connectivity index (χ3v) is 10.2. The van der Waals surface area contributed by atoms with E-state index in [0.29, 0.717) is 17.2 Å². The molecule has 32 heavy (non-hydrogen) atoms. The summed E-state index contributed by atoms with van der Waals surface area (Å²) in [6.07, 6.45) is 2.81. The van der Waals surface area contributed by atoms with Gasteiger partial charge >= 0.3 is 0 Å². The number of benzene rings is 2. The molecule has 1 aromatic heterocycles. The molecule has 0 radical (unpaired) electrons. The first-order valence-electron chi connectivity index (χ1n) is 10.6. The Labute approximate surface area is 196 Å². The Morgan fingerprint density at radius 1 is 1.12 bits per heavy atom. The molecule has 9 heteroatoms. The number of nitrogens with one attached hydrogen (secondary N) is 1. The number of piperidine rings is 1. The summed E-state index contributed by atoms with van der Waals surface area (Å²) in [5.74, 6) is 0.536. The van der Waals surface area contributed by atoms with Gasteiger partial charge in [-0.2, -0.15) is 4.31 Å². The lowest BCUT2D eigenvalue weighted by Gasteiger charge is -2.32. The molecule has 2 aliphatic heterocycles. The molecule has 1 saturated heterocycles. The number of sulfonamides is 1. The minimum Gasteiger partial charge on any atom is -0.298 e. The fraction of sp³-hybridized carbons (Fsp3) is 0.304. The highest BCUT2D eigenvalue weighted by molar-refractivity contribution is 7.98. The Bertz CT molecular complexity index is 1270. The van der Waals surface area contributed by atoms with E-state index in [2.05, 4.69) is 16.4 Å². The molecule has 1 N–H and O–H groups in total. The van der Waals surface area contributed by atoms with Gasteiger partial charge in [0.2, 0.25) is 10.0 Å². The highest BCUT2D eigenvalue weighted by Crippen LogP contribution is 2.44. The molecule has 0 unspecified atom stereocenters. The van der Waals surface area contributed by atoms with Gasteiger partial charge in [0.05, 0.1) is 10.6 Å². The number of anilines is 1. The number of thiazole rings is 1. The summed E-state index contributed by atoms with van der Waals surface area (Å²) < 4.78 is 27.6. The average Bonchev–Trinajstić information content (AvgIpc) is 3.22. The maximum atomic E-state index is 13.0. The standard InChI is InChI=1S/C23H23N3O3S3/c1-15-6-4-5-13-26(15)32(28,29)17-11-9-16(10-12-17)22(27)25-23-24-21-18-7-2-3-8-19(18)30-14-20(21)31-23/h2-3,7-12,15H,4-6,13-14H2,1H3,(H,24,25,27)/t15-/m0/s1. The van der Waals surface area contributed by atoms with E-state index in [0.717, 1.165) is 41.1 Å². The van der Waals surface area contributed by atoms with Gasteiger partial charge < -0.3 is 0 Å². The number of hydrogen-bond donors (Lipinski definition) is 1. The molecule has 6 nitrogen and oxygen atoms in total. The van der Waals surface area contributed by atoms with Gasteiger partial charge in [-0.25, -0.2) is 13.4 Å². The second-order valence-corrected chi connectivity index (χ2v) is 12.0. The number of carbonyl (C=O) groups excluding carboxylic acids is 1. The summed E-state index contributed by atoms with van der Waals surface area (Å²) in [5.41, 5.74) is 2.42. The Hall–Kier alpha value is -2.20. The molecule has 1 amide bonds. The van der Waals surface area contributed by atoms with Crippen molar-refractivity contribution < 1.29 is 13.2 Å². The maximum Gasteiger partial charge on any atom is 0.257 e. The monoisotopic (exact) mass is 485 g/mol.